The quantitative estimate of drug-likeness (QED) is 0.407. The molecule has 0 amide bonds. The van der Waals surface area contributed by atoms with Crippen LogP contribution in [0.4, 0.5) is 0 Å². The topological polar surface area (TPSA) is 18.5 Å². The van der Waals surface area contributed by atoms with Crippen molar-refractivity contribution >= 4 is 11.8 Å². The van der Waals surface area contributed by atoms with Gasteiger partial charge in [0, 0.05) is 10.3 Å². The molecule has 0 N–H and O–H groups in total. The Balaban J connectivity index is 1.57. The predicted molar refractivity (Wildman–Crippen MR) is 114 cm³/mol. The summed E-state index contributed by atoms with van der Waals surface area (Å²) in [5.74, 6) is 1.67. The summed E-state index contributed by atoms with van der Waals surface area (Å²) in [6.45, 7) is 5.67. The molecule has 3 rings (SSSR count). The third-order valence-electron chi connectivity index (χ3n) is 4.48. The van der Waals surface area contributed by atoms with Gasteiger partial charge in [0.05, 0.1) is 13.2 Å². The van der Waals surface area contributed by atoms with Crippen LogP contribution in [0.25, 0.3) is 0 Å². The Kier molecular flexibility index (Phi) is 6.59. The second kappa shape index (κ2) is 9.12. The Labute approximate surface area is 166 Å². The molecule has 0 heterocycles. The van der Waals surface area contributed by atoms with Crippen LogP contribution in [0.15, 0.2) is 83.8 Å². The Bertz CT molecular complexity index is 842. The van der Waals surface area contributed by atoms with Crippen molar-refractivity contribution in [1.82, 2.24) is 0 Å². The van der Waals surface area contributed by atoms with Gasteiger partial charge in [-0.3, -0.25) is 0 Å². The van der Waals surface area contributed by atoms with Crippen LogP contribution in [0.3, 0.4) is 0 Å². The van der Waals surface area contributed by atoms with Crippen molar-refractivity contribution in [1.29, 1.82) is 0 Å². The smallest absolute Gasteiger partial charge is 0.127 e. The zero-order valence-electron chi connectivity index (χ0n) is 16.1. The first-order chi connectivity index (χ1) is 13.1. The fourth-order valence-electron chi connectivity index (χ4n) is 2.87. The van der Waals surface area contributed by atoms with Crippen molar-refractivity contribution in [3.05, 3.63) is 90.0 Å². The van der Waals surface area contributed by atoms with Crippen LogP contribution >= 0.6 is 11.8 Å². The molecular weight excluding hydrogens is 352 g/mol. The molecule has 3 heteroatoms. The van der Waals surface area contributed by atoms with Crippen LogP contribution in [0, 0.1) is 0 Å². The lowest BCUT2D eigenvalue weighted by atomic mass is 9.86. The average Bonchev–Trinajstić information content (AvgIpc) is 2.69. The zero-order valence-corrected chi connectivity index (χ0v) is 17.0. The van der Waals surface area contributed by atoms with E-state index in [1.165, 1.54) is 10.5 Å². The van der Waals surface area contributed by atoms with Crippen LogP contribution < -0.4 is 4.74 Å². The van der Waals surface area contributed by atoms with E-state index < -0.39 is 0 Å². The van der Waals surface area contributed by atoms with E-state index in [4.69, 9.17) is 9.47 Å². The fourth-order valence-corrected chi connectivity index (χ4v) is 3.28. The molecule has 3 aromatic rings. The zero-order chi connectivity index (χ0) is 19.1. The van der Waals surface area contributed by atoms with Gasteiger partial charge in [-0.1, -0.05) is 56.3 Å². The van der Waals surface area contributed by atoms with Gasteiger partial charge in [0.25, 0.3) is 0 Å². The molecular formula is C24H26O2S. The van der Waals surface area contributed by atoms with Crippen LogP contribution in [0.2, 0.25) is 0 Å². The summed E-state index contributed by atoms with van der Waals surface area (Å²) < 4.78 is 11.9. The number of para-hydroxylation sites is 1. The van der Waals surface area contributed by atoms with E-state index in [1.807, 2.05) is 48.5 Å². The van der Waals surface area contributed by atoms with Crippen LogP contribution in [-0.2, 0) is 16.8 Å². The fraction of sp³-hybridized carbons (Fsp3) is 0.250. The van der Waals surface area contributed by atoms with E-state index in [9.17, 15) is 0 Å². The number of hydrogen-bond acceptors (Lipinski definition) is 3. The molecule has 0 fully saturated rings. The highest BCUT2D eigenvalue weighted by Gasteiger charge is 2.20. The molecule has 0 saturated carbocycles. The Morgan fingerprint density at radius 2 is 1.52 bits per heavy atom. The molecule has 140 valence electrons. The number of rotatable bonds is 8. The number of benzene rings is 3. The van der Waals surface area contributed by atoms with Gasteiger partial charge < -0.3 is 9.47 Å². The highest BCUT2D eigenvalue weighted by atomic mass is 32.2. The first kappa shape index (κ1) is 19.5. The van der Waals surface area contributed by atoms with Gasteiger partial charge >= 0.3 is 0 Å². The van der Waals surface area contributed by atoms with E-state index >= 15 is 0 Å². The minimum atomic E-state index is -0.0327. The average molecular weight is 379 g/mol. The normalized spacial score (nSPS) is 11.4. The predicted octanol–water partition coefficient (Wildman–Crippen LogP) is 6.70. The number of thioether (sulfide) groups is 1. The van der Waals surface area contributed by atoms with E-state index in [-0.39, 0.29) is 5.41 Å². The van der Waals surface area contributed by atoms with Crippen molar-refractivity contribution in [2.24, 2.45) is 0 Å². The van der Waals surface area contributed by atoms with Gasteiger partial charge in [0.1, 0.15) is 11.5 Å². The molecule has 0 aliphatic carbocycles. The van der Waals surface area contributed by atoms with Crippen molar-refractivity contribution in [3.8, 4) is 11.5 Å². The van der Waals surface area contributed by atoms with E-state index in [0.717, 1.165) is 17.1 Å². The molecule has 27 heavy (non-hydrogen) atoms. The number of hydrogen-bond donors (Lipinski definition) is 0. The second-order valence-corrected chi connectivity index (χ2v) is 8.05. The standard InChI is InChI=1S/C24H26O2S/c1-24(2,20-12-14-23(27-3)15-13-20)18-25-17-19-8-7-11-22(16-19)26-21-9-5-4-6-10-21/h4-16H,17-18H2,1-3H3. The molecule has 0 aliphatic heterocycles. The summed E-state index contributed by atoms with van der Waals surface area (Å²) in [5.41, 5.74) is 2.37. The minimum Gasteiger partial charge on any atom is -0.457 e. The third kappa shape index (κ3) is 5.62. The monoisotopic (exact) mass is 378 g/mol. The van der Waals surface area contributed by atoms with E-state index in [0.29, 0.717) is 13.2 Å². The van der Waals surface area contributed by atoms with Gasteiger partial charge in [0.2, 0.25) is 0 Å². The van der Waals surface area contributed by atoms with Crippen molar-refractivity contribution < 1.29 is 9.47 Å². The lowest BCUT2D eigenvalue weighted by molar-refractivity contribution is 0.0824. The molecule has 0 aliphatic rings. The molecule has 0 radical (unpaired) electrons. The van der Waals surface area contributed by atoms with Gasteiger partial charge in [-0.15, -0.1) is 11.8 Å². The SMILES string of the molecule is CSc1ccc(C(C)(C)COCc2cccc(Oc3ccccc3)c2)cc1. The molecule has 2 nitrogen and oxygen atoms in total. The van der Waals surface area contributed by atoms with Crippen LogP contribution in [-0.4, -0.2) is 12.9 Å². The lowest BCUT2D eigenvalue weighted by Gasteiger charge is -2.25. The maximum atomic E-state index is 6.04. The third-order valence-corrected chi connectivity index (χ3v) is 5.22. The van der Waals surface area contributed by atoms with Crippen LogP contribution in [0.1, 0.15) is 25.0 Å². The molecule has 3 aromatic carbocycles. The second-order valence-electron chi connectivity index (χ2n) is 7.17. The Morgan fingerprint density at radius 1 is 0.815 bits per heavy atom. The molecule has 0 unspecified atom stereocenters. The van der Waals surface area contributed by atoms with Gasteiger partial charge in [-0.2, -0.15) is 0 Å². The summed E-state index contributed by atoms with van der Waals surface area (Å²) in [7, 11) is 0. The maximum Gasteiger partial charge on any atom is 0.127 e. The Hall–Kier alpha value is -2.23. The van der Waals surface area contributed by atoms with Gasteiger partial charge in [0.15, 0.2) is 0 Å². The van der Waals surface area contributed by atoms with Gasteiger partial charge in [-0.25, -0.2) is 0 Å². The maximum absolute atomic E-state index is 6.04. The summed E-state index contributed by atoms with van der Waals surface area (Å²) in [5, 5.41) is 0. The summed E-state index contributed by atoms with van der Waals surface area (Å²) in [6.07, 6.45) is 2.10. The molecule has 0 spiro atoms. The Morgan fingerprint density at radius 3 is 2.22 bits per heavy atom. The first-order valence-corrected chi connectivity index (χ1v) is 10.3. The highest BCUT2D eigenvalue weighted by molar-refractivity contribution is 7.98. The summed E-state index contributed by atoms with van der Waals surface area (Å²) in [4.78, 5) is 1.28. The van der Waals surface area contributed by atoms with E-state index in [2.05, 4.69) is 50.4 Å². The van der Waals surface area contributed by atoms with Gasteiger partial charge in [-0.05, 0) is 53.8 Å². The summed E-state index contributed by atoms with van der Waals surface area (Å²) >= 11 is 1.76. The molecule has 0 bridgehead atoms. The van der Waals surface area contributed by atoms with Crippen LogP contribution in [0.5, 0.6) is 11.5 Å². The highest BCUT2D eigenvalue weighted by Crippen LogP contribution is 2.27. The van der Waals surface area contributed by atoms with E-state index in [1.54, 1.807) is 11.8 Å². The minimum absolute atomic E-state index is 0.0327. The largest absolute Gasteiger partial charge is 0.457 e. The van der Waals surface area contributed by atoms with Crippen molar-refractivity contribution in [3.63, 3.8) is 0 Å². The lowest BCUT2D eigenvalue weighted by Crippen LogP contribution is -2.24. The molecule has 0 atom stereocenters. The first-order valence-electron chi connectivity index (χ1n) is 9.11. The van der Waals surface area contributed by atoms with Crippen molar-refractivity contribution in [2.75, 3.05) is 12.9 Å². The summed E-state index contributed by atoms with van der Waals surface area (Å²) in [6, 6.07) is 26.6. The molecule has 0 aromatic heterocycles. The molecule has 0 saturated heterocycles. The van der Waals surface area contributed by atoms with Crippen molar-refractivity contribution in [2.45, 2.75) is 30.8 Å². The number of ether oxygens (including phenoxy) is 2.